The molecule has 0 fully saturated rings. The van der Waals surface area contributed by atoms with Gasteiger partial charge >= 0.3 is 0 Å². The van der Waals surface area contributed by atoms with E-state index >= 15 is 0 Å². The van der Waals surface area contributed by atoms with Gasteiger partial charge in [0.15, 0.2) is 0 Å². The maximum absolute atomic E-state index is 10.8. The summed E-state index contributed by atoms with van der Waals surface area (Å²) in [6.07, 6.45) is 6.24. The van der Waals surface area contributed by atoms with Crippen molar-refractivity contribution in [1.29, 1.82) is 0 Å². The van der Waals surface area contributed by atoms with E-state index in [1.54, 1.807) is 0 Å². The smallest absolute Gasteiger partial charge is 0.134 e. The Morgan fingerprint density at radius 2 is 1.36 bits per heavy atom. The van der Waals surface area contributed by atoms with E-state index in [9.17, 15) is 9.59 Å². The molecule has 0 radical (unpaired) electrons. The average Bonchev–Trinajstić information content (AvgIpc) is 2.58. The summed E-state index contributed by atoms with van der Waals surface area (Å²) in [4.78, 5) is 21.6. The third-order valence-electron chi connectivity index (χ3n) is 3.95. The fourth-order valence-corrected chi connectivity index (χ4v) is 2.53. The number of carbonyl (C=O) groups is 2. The van der Waals surface area contributed by atoms with Crippen LogP contribution in [0.2, 0.25) is 0 Å². The summed E-state index contributed by atoms with van der Waals surface area (Å²) in [5.41, 5.74) is 4.36. The van der Waals surface area contributed by atoms with Crippen LogP contribution in [0.5, 0.6) is 0 Å². The van der Waals surface area contributed by atoms with E-state index in [-0.39, 0.29) is 0 Å². The minimum Gasteiger partial charge on any atom is -0.302 e. The summed E-state index contributed by atoms with van der Waals surface area (Å²) in [6, 6.07) is 16.2. The van der Waals surface area contributed by atoms with Gasteiger partial charge in [-0.1, -0.05) is 68.3 Å². The largest absolute Gasteiger partial charge is 0.302 e. The van der Waals surface area contributed by atoms with Crippen molar-refractivity contribution in [2.75, 3.05) is 0 Å². The summed E-state index contributed by atoms with van der Waals surface area (Å²) >= 11 is 0. The van der Waals surface area contributed by atoms with Crippen LogP contribution in [0.25, 0.3) is 11.1 Å². The molecule has 0 aliphatic carbocycles. The van der Waals surface area contributed by atoms with Gasteiger partial charge in [0.05, 0.1) is 5.92 Å². The lowest BCUT2D eigenvalue weighted by molar-refractivity contribution is -0.116. The Morgan fingerprint density at radius 3 is 1.86 bits per heavy atom. The van der Waals surface area contributed by atoms with Crippen molar-refractivity contribution >= 4 is 12.6 Å². The molecular formula is C20H22O2. The molecule has 2 rings (SSSR count). The van der Waals surface area contributed by atoms with Crippen molar-refractivity contribution in [2.24, 2.45) is 0 Å². The van der Waals surface area contributed by atoms with E-state index in [1.807, 2.05) is 24.3 Å². The SMILES string of the molecule is CCCCCc1ccc(-c2ccc(C(C=O)C=O)cc2)cc1. The number of carbonyl (C=O) groups excluding carboxylic acids is 2. The molecule has 0 aromatic heterocycles. The van der Waals surface area contributed by atoms with Crippen LogP contribution in [-0.4, -0.2) is 12.6 Å². The van der Waals surface area contributed by atoms with Gasteiger partial charge in [-0.05, 0) is 35.1 Å². The van der Waals surface area contributed by atoms with Crippen LogP contribution in [0.4, 0.5) is 0 Å². The molecule has 114 valence electrons. The topological polar surface area (TPSA) is 34.1 Å². The van der Waals surface area contributed by atoms with Crippen LogP contribution in [0.3, 0.4) is 0 Å². The molecular weight excluding hydrogens is 272 g/mol. The van der Waals surface area contributed by atoms with E-state index in [1.165, 1.54) is 24.8 Å². The van der Waals surface area contributed by atoms with E-state index in [0.717, 1.165) is 23.1 Å². The molecule has 0 atom stereocenters. The van der Waals surface area contributed by atoms with E-state index in [4.69, 9.17) is 0 Å². The predicted molar refractivity (Wildman–Crippen MR) is 90.0 cm³/mol. The van der Waals surface area contributed by atoms with Gasteiger partial charge < -0.3 is 9.59 Å². The van der Waals surface area contributed by atoms with Gasteiger partial charge in [0.2, 0.25) is 0 Å². The fourth-order valence-electron chi connectivity index (χ4n) is 2.53. The molecule has 2 nitrogen and oxygen atoms in total. The maximum atomic E-state index is 10.8. The van der Waals surface area contributed by atoms with Crippen molar-refractivity contribution in [3.8, 4) is 11.1 Å². The second-order valence-electron chi connectivity index (χ2n) is 5.57. The Hall–Kier alpha value is -2.22. The zero-order valence-corrected chi connectivity index (χ0v) is 13.0. The molecule has 2 heteroatoms. The molecule has 2 aromatic carbocycles. The minimum atomic E-state index is -0.657. The van der Waals surface area contributed by atoms with Gasteiger partial charge in [-0.2, -0.15) is 0 Å². The highest BCUT2D eigenvalue weighted by molar-refractivity contribution is 5.85. The Bertz CT molecular complexity index is 589. The van der Waals surface area contributed by atoms with Crippen molar-refractivity contribution < 1.29 is 9.59 Å². The van der Waals surface area contributed by atoms with Crippen molar-refractivity contribution in [1.82, 2.24) is 0 Å². The lowest BCUT2D eigenvalue weighted by Gasteiger charge is -2.07. The van der Waals surface area contributed by atoms with E-state index in [0.29, 0.717) is 12.6 Å². The molecule has 0 unspecified atom stereocenters. The highest BCUT2D eigenvalue weighted by Gasteiger charge is 2.08. The number of benzene rings is 2. The number of hydrogen-bond donors (Lipinski definition) is 0. The molecule has 0 bridgehead atoms. The zero-order chi connectivity index (χ0) is 15.8. The molecule has 0 heterocycles. The van der Waals surface area contributed by atoms with Crippen LogP contribution < -0.4 is 0 Å². The monoisotopic (exact) mass is 294 g/mol. The van der Waals surface area contributed by atoms with Crippen LogP contribution in [0.1, 0.15) is 43.2 Å². The quantitative estimate of drug-likeness (QED) is 0.406. The normalized spacial score (nSPS) is 10.6. The molecule has 0 spiro atoms. The third kappa shape index (κ3) is 4.14. The first-order valence-electron chi connectivity index (χ1n) is 7.88. The first-order chi connectivity index (χ1) is 10.8. The van der Waals surface area contributed by atoms with Gasteiger partial charge in [-0.25, -0.2) is 0 Å². The Morgan fingerprint density at radius 1 is 0.818 bits per heavy atom. The number of rotatable bonds is 8. The Balaban J connectivity index is 2.08. The van der Waals surface area contributed by atoms with Gasteiger partial charge in [-0.3, -0.25) is 0 Å². The second-order valence-corrected chi connectivity index (χ2v) is 5.57. The fraction of sp³-hybridized carbons (Fsp3) is 0.300. The second kappa shape index (κ2) is 8.28. The average molecular weight is 294 g/mol. The summed E-state index contributed by atoms with van der Waals surface area (Å²) in [7, 11) is 0. The first kappa shape index (κ1) is 16.2. The van der Waals surface area contributed by atoms with Gasteiger partial charge in [0, 0.05) is 0 Å². The number of unbranched alkanes of at least 4 members (excludes halogenated alkanes) is 2. The van der Waals surface area contributed by atoms with Crippen LogP contribution in [0, 0.1) is 0 Å². The number of aldehydes is 2. The third-order valence-corrected chi connectivity index (χ3v) is 3.95. The minimum absolute atomic E-state index is 0.657. The van der Waals surface area contributed by atoms with Crippen molar-refractivity contribution in [3.05, 3.63) is 59.7 Å². The summed E-state index contributed by atoms with van der Waals surface area (Å²) < 4.78 is 0. The molecule has 22 heavy (non-hydrogen) atoms. The van der Waals surface area contributed by atoms with Crippen LogP contribution in [0.15, 0.2) is 48.5 Å². The summed E-state index contributed by atoms with van der Waals surface area (Å²) in [6.45, 7) is 2.21. The summed E-state index contributed by atoms with van der Waals surface area (Å²) in [5, 5.41) is 0. The number of hydrogen-bond acceptors (Lipinski definition) is 2. The van der Waals surface area contributed by atoms with E-state index in [2.05, 4.69) is 31.2 Å². The highest BCUT2D eigenvalue weighted by atomic mass is 16.1. The van der Waals surface area contributed by atoms with Gasteiger partial charge in [-0.15, -0.1) is 0 Å². The van der Waals surface area contributed by atoms with Gasteiger partial charge in [0.1, 0.15) is 12.6 Å². The van der Waals surface area contributed by atoms with Crippen molar-refractivity contribution in [2.45, 2.75) is 38.5 Å². The standard InChI is InChI=1S/C20H22O2/c1-2-3-4-5-16-6-8-17(9-7-16)18-10-12-19(13-11-18)20(14-21)15-22/h6-15,20H,2-5H2,1H3. The Labute approximate surface area is 132 Å². The predicted octanol–water partition coefficient (Wildman–Crippen LogP) is 4.57. The highest BCUT2D eigenvalue weighted by Crippen LogP contribution is 2.22. The van der Waals surface area contributed by atoms with Crippen molar-refractivity contribution in [3.63, 3.8) is 0 Å². The van der Waals surface area contributed by atoms with Crippen LogP contribution >= 0.6 is 0 Å². The molecule has 0 saturated carbocycles. The lowest BCUT2D eigenvalue weighted by atomic mass is 9.97. The maximum Gasteiger partial charge on any atom is 0.134 e. The first-order valence-corrected chi connectivity index (χ1v) is 7.88. The molecule has 2 aromatic rings. The zero-order valence-electron chi connectivity index (χ0n) is 13.0. The molecule has 0 aliphatic heterocycles. The molecule has 0 aliphatic rings. The molecule has 0 saturated heterocycles. The molecule has 0 N–H and O–H groups in total. The van der Waals surface area contributed by atoms with Gasteiger partial charge in [0.25, 0.3) is 0 Å². The molecule has 0 amide bonds. The lowest BCUT2D eigenvalue weighted by Crippen LogP contribution is -2.00. The van der Waals surface area contributed by atoms with E-state index < -0.39 is 5.92 Å². The number of aryl methyl sites for hydroxylation is 1. The Kier molecular flexibility index (Phi) is 6.08. The summed E-state index contributed by atoms with van der Waals surface area (Å²) in [5.74, 6) is -0.657. The van der Waals surface area contributed by atoms with Crippen LogP contribution in [-0.2, 0) is 16.0 Å².